The summed E-state index contributed by atoms with van der Waals surface area (Å²) in [5.41, 5.74) is 0. The highest BCUT2D eigenvalue weighted by atomic mass is 16.5. The highest BCUT2D eigenvalue weighted by molar-refractivity contribution is 5.85. The third-order valence-corrected chi connectivity index (χ3v) is 2.36. The molecule has 1 unspecified atom stereocenters. The van der Waals surface area contributed by atoms with Gasteiger partial charge < -0.3 is 14.8 Å². The monoisotopic (exact) mass is 258 g/mol. The minimum Gasteiger partial charge on any atom is -0.465 e. The summed E-state index contributed by atoms with van der Waals surface area (Å²) in [5.74, 6) is -1.09. The Bertz CT molecular complexity index is 331. The van der Waals surface area contributed by atoms with Crippen molar-refractivity contribution in [2.75, 3.05) is 32.8 Å². The Balaban J connectivity index is 2.15. The Kier molecular flexibility index (Phi) is 5.57. The summed E-state index contributed by atoms with van der Waals surface area (Å²) < 4.78 is 9.48. The molecule has 0 aromatic carbocycles. The van der Waals surface area contributed by atoms with Crippen LogP contribution in [0.1, 0.15) is 13.8 Å². The molecule has 1 amide bonds. The van der Waals surface area contributed by atoms with Crippen LogP contribution in [0.3, 0.4) is 0 Å². The maximum absolute atomic E-state index is 11.4. The second-order valence-electron chi connectivity index (χ2n) is 3.78. The van der Waals surface area contributed by atoms with Crippen LogP contribution in [0.5, 0.6) is 0 Å². The zero-order valence-corrected chi connectivity index (χ0v) is 10.6. The lowest BCUT2D eigenvalue weighted by Crippen LogP contribution is -2.35. The second kappa shape index (κ2) is 6.95. The van der Waals surface area contributed by atoms with Crippen molar-refractivity contribution in [3.05, 3.63) is 0 Å². The van der Waals surface area contributed by atoms with Gasteiger partial charge in [-0.25, -0.2) is 0 Å². The molecule has 1 aliphatic heterocycles. The lowest BCUT2D eigenvalue weighted by atomic mass is 10.5. The topological polar surface area (TPSA) is 84.7 Å². The van der Waals surface area contributed by atoms with Crippen molar-refractivity contribution in [3.8, 4) is 0 Å². The van der Waals surface area contributed by atoms with E-state index in [1.54, 1.807) is 18.7 Å². The first kappa shape index (κ1) is 14.4. The minimum atomic E-state index is -0.474. The normalized spacial score (nSPS) is 21.0. The SMILES string of the molecule is CCOC(=O)CNC(=O)CN1C[C@H]1C(=O)OCC. The lowest BCUT2D eigenvalue weighted by molar-refractivity contribution is -0.144. The van der Waals surface area contributed by atoms with Crippen molar-refractivity contribution in [2.45, 2.75) is 19.9 Å². The summed E-state index contributed by atoms with van der Waals surface area (Å²) in [5, 5.41) is 2.42. The molecule has 0 spiro atoms. The molecule has 0 aliphatic carbocycles. The van der Waals surface area contributed by atoms with Gasteiger partial charge in [0, 0.05) is 6.54 Å². The summed E-state index contributed by atoms with van der Waals surface area (Å²) in [6.45, 7) is 4.50. The zero-order chi connectivity index (χ0) is 13.5. The average molecular weight is 258 g/mol. The highest BCUT2D eigenvalue weighted by Gasteiger charge is 2.42. The van der Waals surface area contributed by atoms with Crippen molar-refractivity contribution >= 4 is 17.8 Å². The van der Waals surface area contributed by atoms with E-state index in [-0.39, 0.29) is 37.6 Å². The molecule has 0 aromatic rings. The van der Waals surface area contributed by atoms with Gasteiger partial charge in [-0.05, 0) is 13.8 Å². The van der Waals surface area contributed by atoms with Gasteiger partial charge in [0.05, 0.1) is 19.8 Å². The lowest BCUT2D eigenvalue weighted by Gasteiger charge is -2.06. The molecule has 0 bridgehead atoms. The summed E-state index contributed by atoms with van der Waals surface area (Å²) in [6.07, 6.45) is 0. The van der Waals surface area contributed by atoms with Gasteiger partial charge in [-0.3, -0.25) is 19.3 Å². The molecule has 18 heavy (non-hydrogen) atoms. The first-order chi connectivity index (χ1) is 8.58. The number of nitrogens with one attached hydrogen (secondary N) is 1. The fourth-order valence-electron chi connectivity index (χ4n) is 1.43. The van der Waals surface area contributed by atoms with E-state index in [9.17, 15) is 14.4 Å². The molecule has 1 fully saturated rings. The molecule has 1 rings (SSSR count). The summed E-state index contributed by atoms with van der Waals surface area (Å²) in [4.78, 5) is 35.3. The second-order valence-corrected chi connectivity index (χ2v) is 3.78. The van der Waals surface area contributed by atoms with Crippen molar-refractivity contribution in [1.29, 1.82) is 0 Å². The maximum atomic E-state index is 11.4. The Morgan fingerprint density at radius 3 is 2.50 bits per heavy atom. The molecule has 0 radical (unpaired) electrons. The molecule has 7 nitrogen and oxygen atoms in total. The molecule has 0 saturated carbocycles. The van der Waals surface area contributed by atoms with E-state index in [1.807, 2.05) is 0 Å². The Morgan fingerprint density at radius 1 is 1.22 bits per heavy atom. The Morgan fingerprint density at radius 2 is 1.89 bits per heavy atom. The molecule has 1 saturated heterocycles. The number of carbonyl (C=O) groups excluding carboxylic acids is 3. The molecule has 1 heterocycles. The molecule has 102 valence electrons. The molecule has 0 aromatic heterocycles. The van der Waals surface area contributed by atoms with E-state index in [0.29, 0.717) is 13.2 Å². The van der Waals surface area contributed by atoms with E-state index in [0.717, 1.165) is 0 Å². The number of esters is 2. The van der Waals surface area contributed by atoms with Crippen LogP contribution < -0.4 is 5.32 Å². The van der Waals surface area contributed by atoms with Crippen LogP contribution in [-0.4, -0.2) is 61.6 Å². The summed E-state index contributed by atoms with van der Waals surface area (Å²) >= 11 is 0. The predicted molar refractivity (Wildman–Crippen MR) is 61.6 cm³/mol. The van der Waals surface area contributed by atoms with Crippen LogP contribution in [0, 0.1) is 0 Å². The Labute approximate surface area is 105 Å². The number of rotatable bonds is 7. The van der Waals surface area contributed by atoms with Gasteiger partial charge in [-0.15, -0.1) is 0 Å². The number of nitrogens with zero attached hydrogens (tertiary/aromatic N) is 1. The highest BCUT2D eigenvalue weighted by Crippen LogP contribution is 2.17. The van der Waals surface area contributed by atoms with E-state index in [1.165, 1.54) is 0 Å². The van der Waals surface area contributed by atoms with Crippen LogP contribution in [0.25, 0.3) is 0 Å². The third kappa shape index (κ3) is 4.70. The van der Waals surface area contributed by atoms with Crippen molar-refractivity contribution < 1.29 is 23.9 Å². The van der Waals surface area contributed by atoms with Gasteiger partial charge in [0.25, 0.3) is 0 Å². The van der Waals surface area contributed by atoms with E-state index < -0.39 is 5.97 Å². The zero-order valence-electron chi connectivity index (χ0n) is 10.6. The van der Waals surface area contributed by atoms with E-state index >= 15 is 0 Å². The molecule has 1 N–H and O–H groups in total. The molecular weight excluding hydrogens is 240 g/mol. The maximum Gasteiger partial charge on any atom is 0.325 e. The quantitative estimate of drug-likeness (QED) is 0.461. The fraction of sp³-hybridized carbons (Fsp3) is 0.727. The first-order valence-electron chi connectivity index (χ1n) is 5.91. The number of amides is 1. The largest absolute Gasteiger partial charge is 0.465 e. The average Bonchev–Trinajstić information content (AvgIpc) is 3.06. The van der Waals surface area contributed by atoms with E-state index in [2.05, 4.69) is 10.1 Å². The molecule has 2 atom stereocenters. The van der Waals surface area contributed by atoms with Gasteiger partial charge >= 0.3 is 11.9 Å². The first-order valence-corrected chi connectivity index (χ1v) is 5.91. The van der Waals surface area contributed by atoms with Crippen molar-refractivity contribution in [2.24, 2.45) is 0 Å². The Hall–Kier alpha value is -1.63. The van der Waals surface area contributed by atoms with Crippen LogP contribution >= 0.6 is 0 Å². The smallest absolute Gasteiger partial charge is 0.325 e. The van der Waals surface area contributed by atoms with E-state index in [4.69, 9.17) is 4.74 Å². The number of ether oxygens (including phenoxy) is 2. The number of hydrogen-bond acceptors (Lipinski definition) is 6. The fourth-order valence-corrected chi connectivity index (χ4v) is 1.43. The molecular formula is C11H18N2O5. The van der Waals surface area contributed by atoms with Crippen LogP contribution in [-0.2, 0) is 23.9 Å². The number of carbonyl (C=O) groups is 3. The van der Waals surface area contributed by atoms with Gasteiger partial charge in [-0.2, -0.15) is 0 Å². The molecule has 1 aliphatic rings. The van der Waals surface area contributed by atoms with Gasteiger partial charge in [-0.1, -0.05) is 0 Å². The predicted octanol–water partition coefficient (Wildman–Crippen LogP) is -1.09. The number of hydrogen-bond donors (Lipinski definition) is 1. The summed E-state index contributed by atoms with van der Waals surface area (Å²) in [7, 11) is 0. The molecule has 7 heteroatoms. The van der Waals surface area contributed by atoms with Crippen LogP contribution in [0.15, 0.2) is 0 Å². The third-order valence-electron chi connectivity index (χ3n) is 2.36. The van der Waals surface area contributed by atoms with Crippen LogP contribution in [0.4, 0.5) is 0 Å². The summed E-state index contributed by atoms with van der Waals surface area (Å²) in [6, 6.07) is -0.321. The standard InChI is InChI=1S/C11H18N2O5/c1-3-17-10(15)5-12-9(14)7-13-6-8(13)11(16)18-4-2/h8H,3-7H2,1-2H3,(H,12,14)/t8-,13?/m0/s1. The van der Waals surface area contributed by atoms with Crippen molar-refractivity contribution in [3.63, 3.8) is 0 Å². The van der Waals surface area contributed by atoms with Crippen LogP contribution in [0.2, 0.25) is 0 Å². The van der Waals surface area contributed by atoms with Gasteiger partial charge in [0.15, 0.2) is 0 Å². The van der Waals surface area contributed by atoms with Gasteiger partial charge in [0.1, 0.15) is 12.6 Å². The van der Waals surface area contributed by atoms with Gasteiger partial charge in [0.2, 0.25) is 5.91 Å². The van der Waals surface area contributed by atoms with Crippen molar-refractivity contribution in [1.82, 2.24) is 10.2 Å². The minimum absolute atomic E-state index is 0.0862.